The lowest BCUT2D eigenvalue weighted by Crippen LogP contribution is -2.40. The largest absolute Gasteiger partial charge is 0.377 e. The number of hydrogen-bond donors (Lipinski definition) is 0. The van der Waals surface area contributed by atoms with Crippen molar-refractivity contribution in [1.82, 2.24) is 4.90 Å². The molecule has 1 amide bonds. The molecule has 1 heterocycles. The summed E-state index contributed by atoms with van der Waals surface area (Å²) >= 11 is 0. The first-order valence-corrected chi connectivity index (χ1v) is 7.04. The molecule has 4 heteroatoms. The van der Waals surface area contributed by atoms with E-state index in [1.165, 1.54) is 0 Å². The van der Waals surface area contributed by atoms with E-state index in [4.69, 9.17) is 4.74 Å². The zero-order valence-corrected chi connectivity index (χ0v) is 11.8. The number of carbonyl (C=O) groups is 1. The standard InChI is InChI=1S/C16H20N2O2/c1-13-12-18(8-5-9-20-13)16(19)15(11-17)10-14-6-3-2-4-7-14/h2-4,6-7,13,15H,5,8-10,12H2,1H3. The molecule has 1 fully saturated rings. The molecule has 0 spiro atoms. The van der Waals surface area contributed by atoms with Crippen LogP contribution in [0.15, 0.2) is 30.3 Å². The SMILES string of the molecule is CC1CN(C(=O)C(C#N)Cc2ccccc2)CCCO1. The molecule has 1 aliphatic heterocycles. The van der Waals surface area contributed by atoms with Crippen molar-refractivity contribution in [2.24, 2.45) is 5.92 Å². The molecule has 20 heavy (non-hydrogen) atoms. The first kappa shape index (κ1) is 14.5. The molecule has 0 saturated carbocycles. The number of carbonyl (C=O) groups excluding carboxylic acids is 1. The first-order valence-electron chi connectivity index (χ1n) is 7.04. The van der Waals surface area contributed by atoms with Crippen LogP contribution in [0.25, 0.3) is 0 Å². The molecule has 1 aliphatic rings. The Kier molecular flexibility index (Phi) is 5.14. The number of nitrogens with zero attached hydrogens (tertiary/aromatic N) is 2. The predicted octanol–water partition coefficient (Wildman–Crippen LogP) is 2.01. The van der Waals surface area contributed by atoms with E-state index in [-0.39, 0.29) is 12.0 Å². The summed E-state index contributed by atoms with van der Waals surface area (Å²) in [5.74, 6) is -0.684. The number of amides is 1. The zero-order valence-electron chi connectivity index (χ0n) is 11.8. The summed E-state index contributed by atoms with van der Waals surface area (Å²) in [4.78, 5) is 14.3. The highest BCUT2D eigenvalue weighted by Crippen LogP contribution is 2.14. The van der Waals surface area contributed by atoms with Crippen LogP contribution < -0.4 is 0 Å². The van der Waals surface area contributed by atoms with Crippen molar-refractivity contribution in [3.63, 3.8) is 0 Å². The number of benzene rings is 1. The van der Waals surface area contributed by atoms with Crippen LogP contribution in [0.5, 0.6) is 0 Å². The maximum atomic E-state index is 12.5. The van der Waals surface area contributed by atoms with Gasteiger partial charge in [0.05, 0.1) is 12.2 Å². The van der Waals surface area contributed by atoms with Gasteiger partial charge < -0.3 is 9.64 Å². The van der Waals surface area contributed by atoms with Crippen molar-refractivity contribution in [3.8, 4) is 6.07 Å². The van der Waals surface area contributed by atoms with E-state index in [9.17, 15) is 10.1 Å². The second-order valence-corrected chi connectivity index (χ2v) is 5.19. The van der Waals surface area contributed by atoms with Gasteiger partial charge in [-0.15, -0.1) is 0 Å². The summed E-state index contributed by atoms with van der Waals surface area (Å²) in [5.41, 5.74) is 1.02. The lowest BCUT2D eigenvalue weighted by Gasteiger charge is -2.24. The second kappa shape index (κ2) is 7.06. The molecule has 1 saturated heterocycles. The Labute approximate surface area is 120 Å². The Morgan fingerprint density at radius 3 is 2.95 bits per heavy atom. The van der Waals surface area contributed by atoms with Crippen molar-refractivity contribution in [2.45, 2.75) is 25.9 Å². The summed E-state index contributed by atoms with van der Waals surface area (Å²) < 4.78 is 5.54. The van der Waals surface area contributed by atoms with E-state index in [0.29, 0.717) is 26.1 Å². The molecular formula is C16H20N2O2. The minimum absolute atomic E-state index is 0.0394. The van der Waals surface area contributed by atoms with Crippen LogP contribution in [0.3, 0.4) is 0 Å². The fourth-order valence-electron chi connectivity index (χ4n) is 2.45. The topological polar surface area (TPSA) is 53.3 Å². The minimum Gasteiger partial charge on any atom is -0.377 e. The molecule has 0 radical (unpaired) electrons. The summed E-state index contributed by atoms with van der Waals surface area (Å²) in [6.07, 6.45) is 1.35. The Morgan fingerprint density at radius 2 is 2.25 bits per heavy atom. The number of rotatable bonds is 3. The van der Waals surface area contributed by atoms with Crippen LogP contribution in [0, 0.1) is 17.2 Å². The quantitative estimate of drug-likeness (QED) is 0.845. The number of hydrogen-bond acceptors (Lipinski definition) is 3. The minimum atomic E-state index is -0.609. The van der Waals surface area contributed by atoms with E-state index in [1.807, 2.05) is 37.3 Å². The first-order chi connectivity index (χ1) is 9.70. The van der Waals surface area contributed by atoms with Crippen LogP contribution in [-0.2, 0) is 16.0 Å². The Bertz CT molecular complexity index is 481. The maximum absolute atomic E-state index is 12.5. The summed E-state index contributed by atoms with van der Waals surface area (Å²) in [5, 5.41) is 9.30. The third kappa shape index (κ3) is 3.82. The van der Waals surface area contributed by atoms with Gasteiger partial charge in [-0.05, 0) is 25.3 Å². The van der Waals surface area contributed by atoms with Gasteiger partial charge in [0.1, 0.15) is 5.92 Å². The van der Waals surface area contributed by atoms with Gasteiger partial charge in [0.25, 0.3) is 0 Å². The van der Waals surface area contributed by atoms with Crippen LogP contribution in [0.1, 0.15) is 18.9 Å². The number of ether oxygens (including phenoxy) is 1. The van der Waals surface area contributed by atoms with Gasteiger partial charge in [0.2, 0.25) is 5.91 Å². The maximum Gasteiger partial charge on any atom is 0.240 e. The molecule has 106 valence electrons. The molecule has 2 rings (SSSR count). The molecule has 4 nitrogen and oxygen atoms in total. The van der Waals surface area contributed by atoms with Crippen molar-refractivity contribution >= 4 is 5.91 Å². The highest BCUT2D eigenvalue weighted by atomic mass is 16.5. The lowest BCUT2D eigenvalue weighted by atomic mass is 9.99. The number of nitriles is 1. The Hall–Kier alpha value is -1.86. The van der Waals surface area contributed by atoms with Crippen molar-refractivity contribution < 1.29 is 9.53 Å². The van der Waals surface area contributed by atoms with Crippen molar-refractivity contribution in [3.05, 3.63) is 35.9 Å². The third-order valence-corrected chi connectivity index (χ3v) is 3.50. The highest BCUT2D eigenvalue weighted by Gasteiger charge is 2.26. The fourth-order valence-corrected chi connectivity index (χ4v) is 2.45. The molecule has 2 atom stereocenters. The fraction of sp³-hybridized carbons (Fsp3) is 0.500. The molecule has 1 aromatic carbocycles. The van der Waals surface area contributed by atoms with Crippen LogP contribution >= 0.6 is 0 Å². The Balaban J connectivity index is 2.03. The van der Waals surface area contributed by atoms with Crippen LogP contribution in [0.2, 0.25) is 0 Å². The van der Waals surface area contributed by atoms with Gasteiger partial charge in [0.15, 0.2) is 0 Å². The summed E-state index contributed by atoms with van der Waals surface area (Å²) in [6, 6.07) is 11.8. The second-order valence-electron chi connectivity index (χ2n) is 5.19. The van der Waals surface area contributed by atoms with Crippen molar-refractivity contribution in [1.29, 1.82) is 5.26 Å². The molecule has 0 N–H and O–H groups in total. The van der Waals surface area contributed by atoms with Gasteiger partial charge in [-0.25, -0.2) is 0 Å². The third-order valence-electron chi connectivity index (χ3n) is 3.50. The van der Waals surface area contributed by atoms with Gasteiger partial charge in [-0.2, -0.15) is 5.26 Å². The summed E-state index contributed by atoms with van der Waals surface area (Å²) in [7, 11) is 0. The monoisotopic (exact) mass is 272 g/mol. The van der Waals surface area contributed by atoms with E-state index in [1.54, 1.807) is 4.90 Å². The van der Waals surface area contributed by atoms with E-state index in [2.05, 4.69) is 6.07 Å². The zero-order chi connectivity index (χ0) is 14.4. The van der Waals surface area contributed by atoms with E-state index in [0.717, 1.165) is 12.0 Å². The van der Waals surface area contributed by atoms with E-state index >= 15 is 0 Å². The van der Waals surface area contributed by atoms with Crippen LogP contribution in [-0.4, -0.2) is 36.6 Å². The average molecular weight is 272 g/mol. The smallest absolute Gasteiger partial charge is 0.240 e. The van der Waals surface area contributed by atoms with Crippen LogP contribution in [0.4, 0.5) is 0 Å². The average Bonchev–Trinajstić information content (AvgIpc) is 2.70. The predicted molar refractivity (Wildman–Crippen MR) is 75.9 cm³/mol. The van der Waals surface area contributed by atoms with E-state index < -0.39 is 5.92 Å². The molecule has 0 aromatic heterocycles. The molecule has 0 bridgehead atoms. The highest BCUT2D eigenvalue weighted by molar-refractivity contribution is 5.81. The van der Waals surface area contributed by atoms with Gasteiger partial charge >= 0.3 is 0 Å². The van der Waals surface area contributed by atoms with Gasteiger partial charge in [-0.1, -0.05) is 30.3 Å². The molecule has 0 aliphatic carbocycles. The van der Waals surface area contributed by atoms with Gasteiger partial charge in [0, 0.05) is 19.7 Å². The molecular weight excluding hydrogens is 252 g/mol. The lowest BCUT2D eigenvalue weighted by molar-refractivity contribution is -0.134. The molecule has 1 aromatic rings. The summed E-state index contributed by atoms with van der Waals surface area (Å²) in [6.45, 7) is 3.90. The Morgan fingerprint density at radius 1 is 1.50 bits per heavy atom. The van der Waals surface area contributed by atoms with Gasteiger partial charge in [-0.3, -0.25) is 4.79 Å². The van der Waals surface area contributed by atoms with Crippen molar-refractivity contribution in [2.75, 3.05) is 19.7 Å². The normalized spacial score (nSPS) is 20.8. The molecule has 2 unspecified atom stereocenters.